The van der Waals surface area contributed by atoms with Crippen LogP contribution in [0.5, 0.6) is 0 Å². The van der Waals surface area contributed by atoms with E-state index in [1.54, 1.807) is 12.5 Å². The third-order valence-electron chi connectivity index (χ3n) is 7.22. The summed E-state index contributed by atoms with van der Waals surface area (Å²) in [5.41, 5.74) is 13.9. The van der Waals surface area contributed by atoms with Crippen molar-refractivity contribution >= 4 is 5.91 Å². The Morgan fingerprint density at radius 1 is 1.21 bits per heavy atom. The number of nitrogens with two attached hydrogens (primary N) is 1. The molecule has 3 N–H and O–H groups in total. The number of carbonyl (C=O) groups excluding carboxylic acids is 1. The number of aliphatic hydroxyl groups excluding tert-OH is 1. The lowest BCUT2D eigenvalue weighted by molar-refractivity contribution is -0.114. The van der Waals surface area contributed by atoms with Crippen molar-refractivity contribution in [3.63, 3.8) is 0 Å². The van der Waals surface area contributed by atoms with Crippen molar-refractivity contribution in [1.29, 1.82) is 0 Å². The molecule has 2 unspecified atom stereocenters. The molecule has 1 amide bonds. The van der Waals surface area contributed by atoms with E-state index in [-0.39, 0.29) is 11.3 Å². The molecular formula is C30H43NO2. The number of aliphatic hydroxyl groups is 1. The molecule has 1 aliphatic carbocycles. The Balaban J connectivity index is 2.04. The predicted octanol–water partition coefficient (Wildman–Crippen LogP) is 7.67. The molecular weight excluding hydrogens is 406 g/mol. The van der Waals surface area contributed by atoms with Gasteiger partial charge < -0.3 is 10.8 Å². The first kappa shape index (κ1) is 26.7. The van der Waals surface area contributed by atoms with E-state index in [2.05, 4.69) is 58.0 Å². The molecule has 0 radical (unpaired) electrons. The van der Waals surface area contributed by atoms with Crippen LogP contribution in [-0.4, -0.2) is 11.0 Å². The van der Waals surface area contributed by atoms with E-state index in [4.69, 9.17) is 5.73 Å². The molecule has 2 rings (SSSR count). The minimum absolute atomic E-state index is 0.0162. The van der Waals surface area contributed by atoms with Crippen LogP contribution in [0, 0.1) is 18.8 Å². The van der Waals surface area contributed by atoms with Crippen molar-refractivity contribution in [2.75, 3.05) is 0 Å². The summed E-state index contributed by atoms with van der Waals surface area (Å²) in [4.78, 5) is 11.8. The number of hydrogen-bond acceptors (Lipinski definition) is 2. The maximum Gasteiger partial charge on any atom is 0.252 e. The first-order valence-electron chi connectivity index (χ1n) is 12.5. The molecule has 1 aromatic carbocycles. The summed E-state index contributed by atoms with van der Waals surface area (Å²) in [6.07, 6.45) is 11.3. The lowest BCUT2D eigenvalue weighted by Crippen LogP contribution is -2.17. The number of primary amides is 1. The Hall–Kier alpha value is -2.55. The van der Waals surface area contributed by atoms with Gasteiger partial charge in [-0.05, 0) is 95.3 Å². The van der Waals surface area contributed by atoms with Crippen molar-refractivity contribution in [3.05, 3.63) is 81.2 Å². The molecule has 0 saturated carbocycles. The third kappa shape index (κ3) is 7.77. The molecule has 0 heterocycles. The zero-order chi connectivity index (χ0) is 24.5. The van der Waals surface area contributed by atoms with Gasteiger partial charge >= 0.3 is 0 Å². The zero-order valence-electron chi connectivity index (χ0n) is 21.5. The molecule has 1 aromatic rings. The van der Waals surface area contributed by atoms with Gasteiger partial charge in [-0.1, -0.05) is 72.9 Å². The molecule has 33 heavy (non-hydrogen) atoms. The van der Waals surface area contributed by atoms with Crippen LogP contribution in [0.1, 0.15) is 84.3 Å². The van der Waals surface area contributed by atoms with E-state index < -0.39 is 5.91 Å². The Bertz CT molecular complexity index is 944. The second kappa shape index (κ2) is 12.6. The first-order chi connectivity index (χ1) is 15.7. The molecule has 0 spiro atoms. The predicted molar refractivity (Wildman–Crippen MR) is 140 cm³/mol. The van der Waals surface area contributed by atoms with Crippen molar-refractivity contribution in [3.8, 4) is 0 Å². The quantitative estimate of drug-likeness (QED) is 0.207. The molecule has 0 fully saturated rings. The van der Waals surface area contributed by atoms with Gasteiger partial charge in [0.25, 0.3) is 5.91 Å². The molecule has 3 heteroatoms. The Labute approximate surface area is 201 Å². The van der Waals surface area contributed by atoms with Gasteiger partial charge in [-0.3, -0.25) is 4.79 Å². The van der Waals surface area contributed by atoms with Gasteiger partial charge in [-0.15, -0.1) is 0 Å². The Kier molecular flexibility index (Phi) is 10.2. The van der Waals surface area contributed by atoms with Gasteiger partial charge in [0.2, 0.25) is 0 Å². The highest BCUT2D eigenvalue weighted by Crippen LogP contribution is 2.35. The van der Waals surface area contributed by atoms with Gasteiger partial charge in [0.1, 0.15) is 5.76 Å². The molecule has 0 bridgehead atoms. The van der Waals surface area contributed by atoms with E-state index in [1.165, 1.54) is 28.3 Å². The molecule has 3 nitrogen and oxygen atoms in total. The van der Waals surface area contributed by atoms with Gasteiger partial charge in [-0.2, -0.15) is 0 Å². The molecule has 0 aromatic heterocycles. The van der Waals surface area contributed by atoms with Crippen LogP contribution in [0.2, 0.25) is 0 Å². The fourth-order valence-corrected chi connectivity index (χ4v) is 4.83. The van der Waals surface area contributed by atoms with Crippen LogP contribution < -0.4 is 5.73 Å². The number of allylic oxidation sites excluding steroid dienone is 6. The number of carbonyl (C=O) groups is 1. The van der Waals surface area contributed by atoms with Crippen LogP contribution in [0.3, 0.4) is 0 Å². The van der Waals surface area contributed by atoms with Crippen LogP contribution >= 0.6 is 0 Å². The zero-order valence-corrected chi connectivity index (χ0v) is 21.5. The number of hydrogen-bond donors (Lipinski definition) is 2. The van der Waals surface area contributed by atoms with Gasteiger partial charge in [0.15, 0.2) is 0 Å². The number of aryl methyl sites for hydroxylation is 1. The number of amides is 1. The van der Waals surface area contributed by atoms with E-state index in [9.17, 15) is 9.90 Å². The van der Waals surface area contributed by atoms with Crippen molar-refractivity contribution in [1.82, 2.24) is 0 Å². The molecule has 0 aliphatic heterocycles. The molecule has 0 saturated heterocycles. The first-order valence-corrected chi connectivity index (χ1v) is 12.5. The van der Waals surface area contributed by atoms with E-state index in [0.29, 0.717) is 11.8 Å². The lowest BCUT2D eigenvalue weighted by Gasteiger charge is -2.26. The van der Waals surface area contributed by atoms with Crippen LogP contribution in [-0.2, 0) is 11.2 Å². The van der Waals surface area contributed by atoms with Crippen molar-refractivity contribution in [2.24, 2.45) is 17.6 Å². The fraction of sp³-hybridized carbons (Fsp3) is 0.500. The minimum atomic E-state index is -0.555. The smallest absolute Gasteiger partial charge is 0.252 e. The summed E-state index contributed by atoms with van der Waals surface area (Å²) < 4.78 is 0. The average Bonchev–Trinajstić information content (AvgIpc) is 2.77. The highest BCUT2D eigenvalue weighted by molar-refractivity contribution is 5.96. The summed E-state index contributed by atoms with van der Waals surface area (Å²) in [5.74, 6) is 0.611. The van der Waals surface area contributed by atoms with E-state index in [1.807, 2.05) is 6.92 Å². The van der Waals surface area contributed by atoms with E-state index in [0.717, 1.165) is 50.5 Å². The molecule has 180 valence electrons. The summed E-state index contributed by atoms with van der Waals surface area (Å²) in [7, 11) is 0. The molecule has 2 atom stereocenters. The number of benzene rings is 1. The lowest BCUT2D eigenvalue weighted by atomic mass is 9.80. The maximum absolute atomic E-state index is 11.8. The summed E-state index contributed by atoms with van der Waals surface area (Å²) in [6, 6.07) is 8.89. The fourth-order valence-electron chi connectivity index (χ4n) is 4.83. The van der Waals surface area contributed by atoms with Gasteiger partial charge in [0.05, 0.1) is 5.57 Å². The van der Waals surface area contributed by atoms with Gasteiger partial charge in [0, 0.05) is 0 Å². The third-order valence-corrected chi connectivity index (χ3v) is 7.22. The van der Waals surface area contributed by atoms with Crippen LogP contribution in [0.25, 0.3) is 0 Å². The van der Waals surface area contributed by atoms with Crippen LogP contribution in [0.4, 0.5) is 0 Å². The SMILES string of the molecule is C/C=C(O)\C(C(N)=O)=C(/C)CCC(CC)CCC1=CC(Cc2ccc(C)cc2)=C(C)CC1C. The second-order valence-electron chi connectivity index (χ2n) is 9.84. The largest absolute Gasteiger partial charge is 0.507 e. The monoisotopic (exact) mass is 449 g/mol. The van der Waals surface area contributed by atoms with Crippen molar-refractivity contribution in [2.45, 2.75) is 86.5 Å². The summed E-state index contributed by atoms with van der Waals surface area (Å²) in [5, 5.41) is 10.0. The topological polar surface area (TPSA) is 63.3 Å². The summed E-state index contributed by atoms with van der Waals surface area (Å²) in [6.45, 7) is 12.6. The second-order valence-corrected chi connectivity index (χ2v) is 9.84. The maximum atomic E-state index is 11.8. The Morgan fingerprint density at radius 2 is 1.88 bits per heavy atom. The highest BCUT2D eigenvalue weighted by Gasteiger charge is 2.20. The van der Waals surface area contributed by atoms with Crippen LogP contribution in [0.15, 0.2) is 70.0 Å². The highest BCUT2D eigenvalue weighted by atomic mass is 16.3. The Morgan fingerprint density at radius 3 is 2.45 bits per heavy atom. The normalized spacial score (nSPS) is 18.7. The van der Waals surface area contributed by atoms with Gasteiger partial charge in [-0.25, -0.2) is 0 Å². The standard InChI is InChI=1S/C30H43NO2/c1-7-24(14-11-21(4)29(30(31)33)28(32)8-2)15-16-26-19-27(23(6)17-22(26)5)18-25-12-9-20(3)10-13-25/h8-10,12-13,19,22,24,32H,7,11,14-18H2,1-6H3,(H2,31,33)/b28-8+,29-21-. The van der Waals surface area contributed by atoms with E-state index >= 15 is 0 Å². The van der Waals surface area contributed by atoms with Crippen molar-refractivity contribution < 1.29 is 9.90 Å². The minimum Gasteiger partial charge on any atom is -0.507 e. The number of rotatable bonds is 11. The molecule has 1 aliphatic rings. The summed E-state index contributed by atoms with van der Waals surface area (Å²) >= 11 is 0. The average molecular weight is 450 g/mol.